The molecule has 2 unspecified atom stereocenters. The molecule has 2 aliphatic rings. The Bertz CT molecular complexity index is 942. The Morgan fingerprint density at radius 1 is 1.17 bits per heavy atom. The standard InChI is InChI=1S/C25H30FN3O/c1-18-15-22(27-25(30)11-8-20-6-3-7-21(26)16-20)9-10-24(18)28-14-12-23(17-28)29-13-4-5-19(29)2/h3,6-11,15-16,19,23H,4-5,12-14,17H2,1-2H3,(H,27,30)/b11-8+. The first kappa shape index (κ1) is 20.6. The zero-order chi connectivity index (χ0) is 21.1. The van der Waals surface area contributed by atoms with Crippen molar-refractivity contribution in [2.45, 2.75) is 45.2 Å². The molecule has 30 heavy (non-hydrogen) atoms. The topological polar surface area (TPSA) is 35.6 Å². The highest BCUT2D eigenvalue weighted by atomic mass is 19.1. The molecule has 4 rings (SSSR count). The van der Waals surface area contributed by atoms with Crippen LogP contribution in [0, 0.1) is 12.7 Å². The largest absolute Gasteiger partial charge is 0.370 e. The first-order valence-corrected chi connectivity index (χ1v) is 10.9. The Kier molecular flexibility index (Phi) is 6.18. The minimum atomic E-state index is -0.313. The molecule has 1 N–H and O–H groups in total. The summed E-state index contributed by atoms with van der Waals surface area (Å²) < 4.78 is 13.2. The first-order valence-electron chi connectivity index (χ1n) is 10.9. The number of benzene rings is 2. The van der Waals surface area contributed by atoms with Gasteiger partial charge in [0.05, 0.1) is 0 Å². The van der Waals surface area contributed by atoms with Crippen LogP contribution in [0.4, 0.5) is 15.8 Å². The summed E-state index contributed by atoms with van der Waals surface area (Å²) >= 11 is 0. The number of nitrogens with zero attached hydrogens (tertiary/aromatic N) is 2. The molecule has 0 bridgehead atoms. The number of amides is 1. The Morgan fingerprint density at radius 2 is 2.03 bits per heavy atom. The number of carbonyl (C=O) groups excluding carboxylic acids is 1. The van der Waals surface area contributed by atoms with E-state index in [0.717, 1.165) is 24.3 Å². The average molecular weight is 408 g/mol. The van der Waals surface area contributed by atoms with Crippen molar-refractivity contribution in [1.82, 2.24) is 4.90 Å². The summed E-state index contributed by atoms with van der Waals surface area (Å²) in [6.07, 6.45) is 6.90. The van der Waals surface area contributed by atoms with Crippen molar-refractivity contribution >= 4 is 23.4 Å². The molecule has 158 valence electrons. The molecule has 2 fully saturated rings. The molecule has 0 aliphatic carbocycles. The number of nitrogens with one attached hydrogen (secondary N) is 1. The average Bonchev–Trinajstić information content (AvgIpc) is 3.35. The van der Waals surface area contributed by atoms with Crippen LogP contribution in [-0.4, -0.2) is 42.5 Å². The maximum atomic E-state index is 13.2. The molecule has 0 saturated carbocycles. The number of hydrogen-bond donors (Lipinski definition) is 1. The molecule has 4 nitrogen and oxygen atoms in total. The van der Waals surface area contributed by atoms with Crippen LogP contribution >= 0.6 is 0 Å². The van der Waals surface area contributed by atoms with E-state index in [-0.39, 0.29) is 11.7 Å². The molecule has 2 aromatic carbocycles. The SMILES string of the molecule is Cc1cc(NC(=O)/C=C/c2cccc(F)c2)ccc1N1CCC(N2CCCC2C)C1. The molecule has 2 aliphatic heterocycles. The van der Waals surface area contributed by atoms with E-state index < -0.39 is 0 Å². The molecule has 0 aromatic heterocycles. The maximum Gasteiger partial charge on any atom is 0.248 e. The van der Waals surface area contributed by atoms with Gasteiger partial charge in [-0.15, -0.1) is 0 Å². The summed E-state index contributed by atoms with van der Waals surface area (Å²) in [6, 6.07) is 13.6. The van der Waals surface area contributed by atoms with Gasteiger partial charge in [-0.1, -0.05) is 12.1 Å². The number of carbonyl (C=O) groups is 1. The number of anilines is 2. The fourth-order valence-electron chi connectivity index (χ4n) is 4.78. The third-order valence-corrected chi connectivity index (χ3v) is 6.32. The van der Waals surface area contributed by atoms with Crippen molar-refractivity contribution in [2.24, 2.45) is 0 Å². The Morgan fingerprint density at radius 3 is 2.77 bits per heavy atom. The molecular weight excluding hydrogens is 377 g/mol. The van der Waals surface area contributed by atoms with Gasteiger partial charge in [0.1, 0.15) is 5.82 Å². The van der Waals surface area contributed by atoms with Crippen LogP contribution in [0.3, 0.4) is 0 Å². The molecule has 0 radical (unpaired) electrons. The lowest BCUT2D eigenvalue weighted by molar-refractivity contribution is -0.111. The van der Waals surface area contributed by atoms with Gasteiger partial charge in [0.15, 0.2) is 0 Å². The second-order valence-corrected chi connectivity index (χ2v) is 8.50. The summed E-state index contributed by atoms with van der Waals surface area (Å²) in [4.78, 5) is 17.4. The van der Waals surface area contributed by atoms with Crippen molar-refractivity contribution in [3.8, 4) is 0 Å². The van der Waals surface area contributed by atoms with Gasteiger partial charge >= 0.3 is 0 Å². The smallest absolute Gasteiger partial charge is 0.248 e. The van der Waals surface area contributed by atoms with Gasteiger partial charge in [0.2, 0.25) is 5.91 Å². The lowest BCUT2D eigenvalue weighted by Gasteiger charge is -2.29. The molecule has 1 amide bonds. The van der Waals surface area contributed by atoms with Crippen LogP contribution in [0.25, 0.3) is 6.08 Å². The zero-order valence-electron chi connectivity index (χ0n) is 17.8. The normalized spacial score (nSPS) is 22.2. The second kappa shape index (κ2) is 9.00. The van der Waals surface area contributed by atoms with Crippen molar-refractivity contribution in [2.75, 3.05) is 29.9 Å². The quantitative estimate of drug-likeness (QED) is 0.720. The summed E-state index contributed by atoms with van der Waals surface area (Å²) in [5, 5.41) is 2.90. The van der Waals surface area contributed by atoms with Gasteiger partial charge in [-0.2, -0.15) is 0 Å². The second-order valence-electron chi connectivity index (χ2n) is 8.50. The highest BCUT2D eigenvalue weighted by Crippen LogP contribution is 2.31. The predicted molar refractivity (Wildman–Crippen MR) is 121 cm³/mol. The molecule has 2 heterocycles. The Labute approximate surface area is 178 Å². The van der Waals surface area contributed by atoms with Crippen molar-refractivity contribution in [1.29, 1.82) is 0 Å². The summed E-state index contributed by atoms with van der Waals surface area (Å²) in [7, 11) is 0. The third-order valence-electron chi connectivity index (χ3n) is 6.32. The molecular formula is C25H30FN3O. The van der Waals surface area contributed by atoms with Gasteiger partial charge in [-0.3, -0.25) is 9.69 Å². The Balaban J connectivity index is 1.37. The van der Waals surface area contributed by atoms with Crippen LogP contribution in [0.15, 0.2) is 48.5 Å². The molecule has 5 heteroatoms. The van der Waals surface area contributed by atoms with E-state index in [1.807, 2.05) is 12.1 Å². The third kappa shape index (κ3) is 4.73. The monoisotopic (exact) mass is 407 g/mol. The maximum absolute atomic E-state index is 13.2. The van der Waals surface area contributed by atoms with E-state index in [9.17, 15) is 9.18 Å². The minimum absolute atomic E-state index is 0.226. The van der Waals surface area contributed by atoms with Crippen LogP contribution in [0.1, 0.15) is 37.3 Å². The van der Waals surface area contributed by atoms with E-state index in [2.05, 4.69) is 35.0 Å². The van der Waals surface area contributed by atoms with Gasteiger partial charge in [-0.05, 0) is 87.2 Å². The zero-order valence-corrected chi connectivity index (χ0v) is 17.8. The number of halogens is 1. The van der Waals surface area contributed by atoms with E-state index in [0.29, 0.717) is 17.6 Å². The van der Waals surface area contributed by atoms with Crippen molar-refractivity contribution in [3.63, 3.8) is 0 Å². The molecule has 2 atom stereocenters. The van der Waals surface area contributed by atoms with Crippen molar-refractivity contribution < 1.29 is 9.18 Å². The van der Waals surface area contributed by atoms with E-state index in [1.54, 1.807) is 18.2 Å². The van der Waals surface area contributed by atoms with E-state index in [4.69, 9.17) is 0 Å². The molecule has 2 aromatic rings. The van der Waals surface area contributed by atoms with Gasteiger partial charge in [0.25, 0.3) is 0 Å². The van der Waals surface area contributed by atoms with Gasteiger partial charge < -0.3 is 10.2 Å². The number of rotatable bonds is 5. The summed E-state index contributed by atoms with van der Waals surface area (Å²) in [5.41, 5.74) is 3.84. The fourth-order valence-corrected chi connectivity index (χ4v) is 4.78. The van der Waals surface area contributed by atoms with Crippen LogP contribution < -0.4 is 10.2 Å². The Hall–Kier alpha value is -2.66. The first-order chi connectivity index (χ1) is 14.5. The van der Waals surface area contributed by atoms with E-state index in [1.165, 1.54) is 49.7 Å². The molecule has 0 spiro atoms. The van der Waals surface area contributed by atoms with Crippen LogP contribution in [-0.2, 0) is 4.79 Å². The lowest BCUT2D eigenvalue weighted by atomic mass is 10.1. The summed E-state index contributed by atoms with van der Waals surface area (Å²) in [5.74, 6) is -0.539. The highest BCUT2D eigenvalue weighted by Gasteiger charge is 2.33. The van der Waals surface area contributed by atoms with Crippen LogP contribution in [0.5, 0.6) is 0 Å². The summed E-state index contributed by atoms with van der Waals surface area (Å²) in [6.45, 7) is 7.83. The van der Waals surface area contributed by atoms with Gasteiger partial charge in [-0.25, -0.2) is 4.39 Å². The number of likely N-dealkylation sites (tertiary alicyclic amines) is 1. The number of hydrogen-bond acceptors (Lipinski definition) is 3. The minimum Gasteiger partial charge on any atom is -0.370 e. The van der Waals surface area contributed by atoms with Crippen molar-refractivity contribution in [3.05, 3.63) is 65.5 Å². The number of aryl methyl sites for hydroxylation is 1. The fraction of sp³-hybridized carbons (Fsp3) is 0.400. The van der Waals surface area contributed by atoms with Crippen LogP contribution in [0.2, 0.25) is 0 Å². The lowest BCUT2D eigenvalue weighted by Crippen LogP contribution is -2.39. The van der Waals surface area contributed by atoms with E-state index >= 15 is 0 Å². The van der Waals surface area contributed by atoms with Gasteiger partial charge in [0, 0.05) is 42.6 Å². The highest BCUT2D eigenvalue weighted by molar-refractivity contribution is 6.02. The predicted octanol–water partition coefficient (Wildman–Crippen LogP) is 4.85. The molecule has 2 saturated heterocycles.